The highest BCUT2D eigenvalue weighted by Gasteiger charge is 2.17. The van der Waals surface area contributed by atoms with Crippen molar-refractivity contribution in [3.63, 3.8) is 0 Å². The molecule has 3 nitrogen and oxygen atoms in total. The number of halogens is 1. The SMILES string of the molecule is O=C(O)/C=C/c1cc(F)cc2c3c([nH]c12)CCCC3. The number of aromatic amines is 1. The third-order valence-corrected chi connectivity index (χ3v) is 3.61. The summed E-state index contributed by atoms with van der Waals surface area (Å²) in [6, 6.07) is 2.90. The van der Waals surface area contributed by atoms with Crippen molar-refractivity contribution in [3.8, 4) is 0 Å². The minimum absolute atomic E-state index is 0.329. The van der Waals surface area contributed by atoms with E-state index in [1.54, 1.807) is 0 Å². The van der Waals surface area contributed by atoms with E-state index >= 15 is 0 Å². The Labute approximate surface area is 109 Å². The zero-order chi connectivity index (χ0) is 13.4. The van der Waals surface area contributed by atoms with Crippen molar-refractivity contribution in [1.82, 2.24) is 4.98 Å². The molecule has 0 bridgehead atoms. The molecule has 4 heteroatoms. The number of H-pyrrole nitrogens is 1. The van der Waals surface area contributed by atoms with Crippen molar-refractivity contribution < 1.29 is 14.3 Å². The van der Waals surface area contributed by atoms with Crippen LogP contribution in [0.2, 0.25) is 0 Å². The number of carboxylic acid groups (broad SMARTS) is 1. The van der Waals surface area contributed by atoms with E-state index in [4.69, 9.17) is 5.11 Å². The Balaban J connectivity index is 2.22. The molecule has 0 unspecified atom stereocenters. The molecule has 2 N–H and O–H groups in total. The fraction of sp³-hybridized carbons (Fsp3) is 0.267. The average Bonchev–Trinajstić information content (AvgIpc) is 2.75. The zero-order valence-electron chi connectivity index (χ0n) is 10.4. The first-order chi connectivity index (χ1) is 9.15. The Kier molecular flexibility index (Phi) is 2.85. The maximum absolute atomic E-state index is 13.7. The number of rotatable bonds is 2. The predicted octanol–water partition coefficient (Wildman–Crippen LogP) is 3.28. The molecule has 0 radical (unpaired) electrons. The molecule has 0 saturated heterocycles. The predicted molar refractivity (Wildman–Crippen MR) is 71.6 cm³/mol. The number of fused-ring (bicyclic) bond motifs is 3. The molecule has 0 atom stereocenters. The molecule has 19 heavy (non-hydrogen) atoms. The fourth-order valence-corrected chi connectivity index (χ4v) is 2.79. The van der Waals surface area contributed by atoms with Gasteiger partial charge in [0.15, 0.2) is 0 Å². The summed E-state index contributed by atoms with van der Waals surface area (Å²) in [5.41, 5.74) is 3.78. The molecule has 1 heterocycles. The smallest absolute Gasteiger partial charge is 0.328 e. The van der Waals surface area contributed by atoms with Gasteiger partial charge in [-0.1, -0.05) is 0 Å². The van der Waals surface area contributed by atoms with Gasteiger partial charge in [0, 0.05) is 22.7 Å². The molecular formula is C15H14FNO2. The minimum atomic E-state index is -1.03. The van der Waals surface area contributed by atoms with Gasteiger partial charge in [-0.25, -0.2) is 9.18 Å². The first-order valence-electron chi connectivity index (χ1n) is 6.39. The Morgan fingerprint density at radius 1 is 1.32 bits per heavy atom. The Morgan fingerprint density at radius 2 is 2.11 bits per heavy atom. The summed E-state index contributed by atoms with van der Waals surface area (Å²) in [7, 11) is 0. The van der Waals surface area contributed by atoms with Crippen LogP contribution in [0.4, 0.5) is 4.39 Å². The van der Waals surface area contributed by atoms with Crippen LogP contribution in [0, 0.1) is 5.82 Å². The van der Waals surface area contributed by atoms with E-state index in [1.807, 2.05) is 0 Å². The molecule has 2 aromatic rings. The monoisotopic (exact) mass is 259 g/mol. The van der Waals surface area contributed by atoms with Gasteiger partial charge >= 0.3 is 5.97 Å². The second kappa shape index (κ2) is 4.53. The van der Waals surface area contributed by atoms with Crippen molar-refractivity contribution >= 4 is 22.9 Å². The Hall–Kier alpha value is -2.10. The van der Waals surface area contributed by atoms with E-state index in [2.05, 4.69) is 4.98 Å². The lowest BCUT2D eigenvalue weighted by Gasteiger charge is -2.10. The maximum atomic E-state index is 13.7. The molecule has 1 aliphatic carbocycles. The number of carbonyl (C=O) groups is 1. The maximum Gasteiger partial charge on any atom is 0.328 e. The van der Waals surface area contributed by atoms with E-state index in [0.717, 1.165) is 48.4 Å². The van der Waals surface area contributed by atoms with Gasteiger partial charge in [0.25, 0.3) is 0 Å². The molecule has 1 aromatic heterocycles. The number of benzene rings is 1. The number of aliphatic carboxylic acids is 1. The molecule has 3 rings (SSSR count). The third kappa shape index (κ3) is 2.14. The fourth-order valence-electron chi connectivity index (χ4n) is 2.79. The van der Waals surface area contributed by atoms with Crippen molar-refractivity contribution in [2.75, 3.05) is 0 Å². The second-order valence-corrected chi connectivity index (χ2v) is 4.88. The number of hydrogen-bond donors (Lipinski definition) is 2. The highest BCUT2D eigenvalue weighted by molar-refractivity contribution is 5.94. The first-order valence-corrected chi connectivity index (χ1v) is 6.39. The number of aromatic nitrogens is 1. The molecule has 1 aliphatic rings. The number of carboxylic acids is 1. The Morgan fingerprint density at radius 3 is 2.89 bits per heavy atom. The van der Waals surface area contributed by atoms with Gasteiger partial charge < -0.3 is 10.1 Å². The topological polar surface area (TPSA) is 53.1 Å². The summed E-state index contributed by atoms with van der Waals surface area (Å²) in [5.74, 6) is -1.36. The van der Waals surface area contributed by atoms with E-state index in [0.29, 0.717) is 5.56 Å². The molecule has 1 aromatic carbocycles. The molecule has 0 amide bonds. The standard InChI is InChI=1S/C15H14FNO2/c16-10-7-9(5-6-14(18)19)15-12(8-10)11-3-1-2-4-13(11)17-15/h5-8,17H,1-4H2,(H,18,19)/b6-5+. The largest absolute Gasteiger partial charge is 0.478 e. The minimum Gasteiger partial charge on any atom is -0.478 e. The zero-order valence-corrected chi connectivity index (χ0v) is 10.4. The van der Waals surface area contributed by atoms with E-state index in [1.165, 1.54) is 23.8 Å². The lowest BCUT2D eigenvalue weighted by molar-refractivity contribution is -0.131. The van der Waals surface area contributed by atoms with Crippen molar-refractivity contribution in [2.45, 2.75) is 25.7 Å². The normalized spacial score (nSPS) is 15.0. The lowest BCUT2D eigenvalue weighted by Crippen LogP contribution is -1.99. The van der Waals surface area contributed by atoms with Crippen LogP contribution >= 0.6 is 0 Å². The highest BCUT2D eigenvalue weighted by Crippen LogP contribution is 2.32. The van der Waals surface area contributed by atoms with E-state index < -0.39 is 5.97 Å². The van der Waals surface area contributed by atoms with Gasteiger partial charge in [-0.05, 0) is 49.5 Å². The molecule has 0 fully saturated rings. The van der Waals surface area contributed by atoms with Gasteiger partial charge in [0.1, 0.15) is 5.82 Å². The summed E-state index contributed by atoms with van der Waals surface area (Å²) in [6.45, 7) is 0. The van der Waals surface area contributed by atoms with Gasteiger partial charge in [0.2, 0.25) is 0 Å². The lowest BCUT2D eigenvalue weighted by atomic mass is 9.95. The number of nitrogens with one attached hydrogen (secondary N) is 1. The molecule has 98 valence electrons. The Bertz CT molecular complexity index is 685. The number of hydrogen-bond acceptors (Lipinski definition) is 1. The van der Waals surface area contributed by atoms with Gasteiger partial charge in [-0.15, -0.1) is 0 Å². The van der Waals surface area contributed by atoms with Crippen LogP contribution in [0.25, 0.3) is 17.0 Å². The third-order valence-electron chi connectivity index (χ3n) is 3.61. The van der Waals surface area contributed by atoms with Crippen LogP contribution in [-0.2, 0) is 17.6 Å². The molecule has 0 spiro atoms. The van der Waals surface area contributed by atoms with Crippen molar-refractivity contribution in [3.05, 3.63) is 40.8 Å². The van der Waals surface area contributed by atoms with Crippen LogP contribution in [0.15, 0.2) is 18.2 Å². The molecular weight excluding hydrogens is 245 g/mol. The van der Waals surface area contributed by atoms with Crippen LogP contribution < -0.4 is 0 Å². The van der Waals surface area contributed by atoms with Crippen LogP contribution in [-0.4, -0.2) is 16.1 Å². The molecule has 0 saturated carbocycles. The highest BCUT2D eigenvalue weighted by atomic mass is 19.1. The van der Waals surface area contributed by atoms with E-state index in [9.17, 15) is 9.18 Å². The van der Waals surface area contributed by atoms with Crippen LogP contribution in [0.3, 0.4) is 0 Å². The van der Waals surface area contributed by atoms with Gasteiger partial charge in [-0.3, -0.25) is 0 Å². The van der Waals surface area contributed by atoms with Crippen LogP contribution in [0.1, 0.15) is 29.7 Å². The summed E-state index contributed by atoms with van der Waals surface area (Å²) in [5, 5.41) is 9.58. The quantitative estimate of drug-likeness (QED) is 0.813. The summed E-state index contributed by atoms with van der Waals surface area (Å²) < 4.78 is 13.7. The van der Waals surface area contributed by atoms with Gasteiger partial charge in [-0.2, -0.15) is 0 Å². The second-order valence-electron chi connectivity index (χ2n) is 4.88. The van der Waals surface area contributed by atoms with E-state index in [-0.39, 0.29) is 5.82 Å². The van der Waals surface area contributed by atoms with Crippen LogP contribution in [0.5, 0.6) is 0 Å². The average molecular weight is 259 g/mol. The number of aryl methyl sites for hydroxylation is 2. The summed E-state index contributed by atoms with van der Waals surface area (Å²) in [6.07, 6.45) is 6.68. The summed E-state index contributed by atoms with van der Waals surface area (Å²) >= 11 is 0. The molecule has 0 aliphatic heterocycles. The van der Waals surface area contributed by atoms with Crippen molar-refractivity contribution in [2.24, 2.45) is 0 Å². The van der Waals surface area contributed by atoms with Crippen molar-refractivity contribution in [1.29, 1.82) is 0 Å². The first kappa shape index (κ1) is 12.0. The van der Waals surface area contributed by atoms with Gasteiger partial charge in [0.05, 0.1) is 5.52 Å². The summed E-state index contributed by atoms with van der Waals surface area (Å²) in [4.78, 5) is 13.9.